The number of aryl methyl sites for hydroxylation is 1. The number of aromatic nitrogens is 1. The van der Waals surface area contributed by atoms with Gasteiger partial charge in [0.1, 0.15) is 0 Å². The van der Waals surface area contributed by atoms with Crippen molar-refractivity contribution in [1.82, 2.24) is 4.98 Å². The van der Waals surface area contributed by atoms with Crippen LogP contribution >= 0.6 is 22.6 Å². The Morgan fingerprint density at radius 1 is 1.56 bits per heavy atom. The van der Waals surface area contributed by atoms with Gasteiger partial charge in [0.2, 0.25) is 0 Å². The zero-order chi connectivity index (χ0) is 12.3. The van der Waals surface area contributed by atoms with Crippen molar-refractivity contribution in [2.75, 3.05) is 0 Å². The summed E-state index contributed by atoms with van der Waals surface area (Å²) in [7, 11) is 0. The van der Waals surface area contributed by atoms with E-state index in [0.717, 1.165) is 0 Å². The second-order valence-corrected chi connectivity index (χ2v) is 4.07. The minimum Gasteiger partial charge on any atom is -0.403 e. The molecule has 86 valence electrons. The molecule has 7 heteroatoms. The molecule has 0 unspecified atom stereocenters. The van der Waals surface area contributed by atoms with E-state index in [1.54, 1.807) is 35.6 Å². The summed E-state index contributed by atoms with van der Waals surface area (Å²) < 4.78 is 40.5. The van der Waals surface area contributed by atoms with Crippen LogP contribution in [0.25, 0.3) is 0 Å². The van der Waals surface area contributed by atoms with Crippen molar-refractivity contribution in [1.29, 1.82) is 5.26 Å². The molecule has 0 bridgehead atoms. The van der Waals surface area contributed by atoms with Crippen LogP contribution in [0.4, 0.5) is 13.2 Å². The van der Waals surface area contributed by atoms with Gasteiger partial charge in [-0.25, -0.2) is 0 Å². The molecule has 0 aliphatic rings. The minimum absolute atomic E-state index is 0.00391. The van der Waals surface area contributed by atoms with Crippen LogP contribution in [-0.2, 0) is 6.42 Å². The van der Waals surface area contributed by atoms with E-state index in [1.807, 2.05) is 0 Å². The van der Waals surface area contributed by atoms with Crippen molar-refractivity contribution < 1.29 is 17.9 Å². The molecule has 1 aromatic rings. The van der Waals surface area contributed by atoms with Crippen molar-refractivity contribution >= 4 is 22.6 Å². The fraction of sp³-hybridized carbons (Fsp3) is 0.333. The standard InChI is InChI=1S/C9H6F3IN2O/c1-5-4-6(13)8(16-9(10,11)12)7(15-5)2-3-14/h4H,2H2,1H3. The summed E-state index contributed by atoms with van der Waals surface area (Å²) in [5.41, 5.74) is 0.549. The molecule has 0 radical (unpaired) electrons. The monoisotopic (exact) mass is 342 g/mol. The third kappa shape index (κ3) is 3.52. The molecule has 0 aliphatic heterocycles. The fourth-order valence-corrected chi connectivity index (χ4v) is 1.97. The highest BCUT2D eigenvalue weighted by molar-refractivity contribution is 14.1. The smallest absolute Gasteiger partial charge is 0.403 e. The lowest BCUT2D eigenvalue weighted by molar-refractivity contribution is -0.275. The maximum absolute atomic E-state index is 12.1. The second-order valence-electron chi connectivity index (χ2n) is 2.90. The van der Waals surface area contributed by atoms with Gasteiger partial charge in [-0.2, -0.15) is 5.26 Å². The molecule has 0 aliphatic carbocycles. The van der Waals surface area contributed by atoms with Crippen LogP contribution in [-0.4, -0.2) is 11.3 Å². The first-order chi connectivity index (χ1) is 7.33. The summed E-state index contributed by atoms with van der Waals surface area (Å²) in [6.07, 6.45) is -5.00. The molecule has 1 rings (SSSR count). The number of alkyl halides is 3. The van der Waals surface area contributed by atoms with Gasteiger partial charge in [-0.05, 0) is 35.6 Å². The van der Waals surface area contributed by atoms with Crippen molar-refractivity contribution in [3.05, 3.63) is 21.0 Å². The molecule has 0 N–H and O–H groups in total. The van der Waals surface area contributed by atoms with Gasteiger partial charge in [0.15, 0.2) is 5.75 Å². The van der Waals surface area contributed by atoms with Crippen molar-refractivity contribution in [3.63, 3.8) is 0 Å². The number of pyridine rings is 1. The molecule has 3 nitrogen and oxygen atoms in total. The van der Waals surface area contributed by atoms with E-state index in [4.69, 9.17) is 5.26 Å². The molecule has 0 saturated carbocycles. The second kappa shape index (κ2) is 4.86. The van der Waals surface area contributed by atoms with Gasteiger partial charge in [0.05, 0.1) is 21.8 Å². The van der Waals surface area contributed by atoms with Crippen molar-refractivity contribution in [2.24, 2.45) is 0 Å². The Morgan fingerprint density at radius 2 is 2.19 bits per heavy atom. The van der Waals surface area contributed by atoms with E-state index in [1.165, 1.54) is 6.07 Å². The van der Waals surface area contributed by atoms with Crippen LogP contribution in [0.3, 0.4) is 0 Å². The Balaban J connectivity index is 3.20. The largest absolute Gasteiger partial charge is 0.573 e. The summed E-state index contributed by atoms with van der Waals surface area (Å²) in [5, 5.41) is 8.49. The number of hydrogen-bond donors (Lipinski definition) is 0. The molecule has 0 atom stereocenters. The molecule has 1 heterocycles. The average Bonchev–Trinajstić information content (AvgIpc) is 2.10. The highest BCUT2D eigenvalue weighted by atomic mass is 127. The molecule has 16 heavy (non-hydrogen) atoms. The Bertz CT molecular complexity index is 440. The zero-order valence-electron chi connectivity index (χ0n) is 8.10. The Morgan fingerprint density at radius 3 is 2.69 bits per heavy atom. The van der Waals surface area contributed by atoms with Crippen LogP contribution in [0.2, 0.25) is 0 Å². The summed E-state index contributed by atoms with van der Waals surface area (Å²) in [6.45, 7) is 1.64. The highest BCUT2D eigenvalue weighted by Gasteiger charge is 2.33. The number of hydrogen-bond acceptors (Lipinski definition) is 3. The number of ether oxygens (including phenoxy) is 1. The number of rotatable bonds is 2. The van der Waals surface area contributed by atoms with Gasteiger partial charge in [-0.1, -0.05) is 0 Å². The van der Waals surface area contributed by atoms with E-state index < -0.39 is 6.36 Å². The topological polar surface area (TPSA) is 45.9 Å². The van der Waals surface area contributed by atoms with E-state index in [0.29, 0.717) is 5.69 Å². The molecule has 1 aromatic heterocycles. The van der Waals surface area contributed by atoms with E-state index in [2.05, 4.69) is 9.72 Å². The molecule has 0 amide bonds. The molecule has 0 saturated heterocycles. The third-order valence-electron chi connectivity index (χ3n) is 1.59. The zero-order valence-corrected chi connectivity index (χ0v) is 10.3. The predicted molar refractivity (Wildman–Crippen MR) is 57.7 cm³/mol. The highest BCUT2D eigenvalue weighted by Crippen LogP contribution is 2.30. The fourth-order valence-electron chi connectivity index (χ4n) is 1.10. The minimum atomic E-state index is -4.78. The maximum atomic E-state index is 12.1. The normalized spacial score (nSPS) is 11.0. The summed E-state index contributed by atoms with van der Waals surface area (Å²) in [4.78, 5) is 3.86. The van der Waals surface area contributed by atoms with Crippen molar-refractivity contribution in [3.8, 4) is 11.8 Å². The van der Waals surface area contributed by atoms with Crippen LogP contribution in [0.5, 0.6) is 5.75 Å². The summed E-state index contributed by atoms with van der Waals surface area (Å²) >= 11 is 1.72. The molecule has 0 aromatic carbocycles. The first-order valence-electron chi connectivity index (χ1n) is 4.12. The Kier molecular flexibility index (Phi) is 3.96. The molecule has 0 spiro atoms. The lowest BCUT2D eigenvalue weighted by Crippen LogP contribution is -2.19. The van der Waals surface area contributed by atoms with Crippen LogP contribution in [0.15, 0.2) is 6.07 Å². The van der Waals surface area contributed by atoms with Crippen LogP contribution < -0.4 is 4.74 Å². The SMILES string of the molecule is Cc1cc(I)c(OC(F)(F)F)c(CC#N)n1. The third-order valence-corrected chi connectivity index (χ3v) is 2.39. The van der Waals surface area contributed by atoms with Gasteiger partial charge in [0.25, 0.3) is 0 Å². The van der Waals surface area contributed by atoms with Gasteiger partial charge in [0, 0.05) is 5.69 Å². The number of nitrogens with zero attached hydrogens (tertiary/aromatic N) is 2. The predicted octanol–water partition coefficient (Wildman–Crippen LogP) is 2.96. The molecular weight excluding hydrogens is 336 g/mol. The van der Waals surface area contributed by atoms with Crippen molar-refractivity contribution in [2.45, 2.75) is 19.7 Å². The number of nitriles is 1. The first kappa shape index (κ1) is 13.0. The first-order valence-corrected chi connectivity index (χ1v) is 5.20. The van der Waals surface area contributed by atoms with Crippen LogP contribution in [0, 0.1) is 21.8 Å². The van der Waals surface area contributed by atoms with E-state index in [-0.39, 0.29) is 21.4 Å². The molecule has 0 fully saturated rings. The van der Waals surface area contributed by atoms with Gasteiger partial charge in [-0.15, -0.1) is 13.2 Å². The Labute approximate surface area is 103 Å². The molecular formula is C9H6F3IN2O. The van der Waals surface area contributed by atoms with E-state index >= 15 is 0 Å². The lowest BCUT2D eigenvalue weighted by atomic mass is 10.2. The Hall–Kier alpha value is -1.04. The average molecular weight is 342 g/mol. The number of halogens is 4. The maximum Gasteiger partial charge on any atom is 0.573 e. The van der Waals surface area contributed by atoms with Gasteiger partial charge in [-0.3, -0.25) is 4.98 Å². The lowest BCUT2D eigenvalue weighted by Gasteiger charge is -2.13. The van der Waals surface area contributed by atoms with E-state index in [9.17, 15) is 13.2 Å². The van der Waals surface area contributed by atoms with Gasteiger partial charge < -0.3 is 4.74 Å². The van der Waals surface area contributed by atoms with Crippen LogP contribution in [0.1, 0.15) is 11.4 Å². The quantitative estimate of drug-likeness (QED) is 0.777. The van der Waals surface area contributed by atoms with Gasteiger partial charge >= 0.3 is 6.36 Å². The summed E-state index contributed by atoms with van der Waals surface area (Å²) in [6, 6.07) is 3.21. The summed E-state index contributed by atoms with van der Waals surface area (Å²) in [5.74, 6) is -0.389.